The van der Waals surface area contributed by atoms with Gasteiger partial charge in [0.05, 0.1) is 0 Å². The van der Waals surface area contributed by atoms with Crippen LogP contribution in [0.4, 0.5) is 0 Å². The van der Waals surface area contributed by atoms with Gasteiger partial charge in [-0.25, -0.2) is 0 Å². The van der Waals surface area contributed by atoms with Gasteiger partial charge in [0.1, 0.15) is 0 Å². The molecule has 0 bridgehead atoms. The van der Waals surface area contributed by atoms with Crippen molar-refractivity contribution < 1.29 is 0 Å². The minimum atomic E-state index is 0.718. The molecule has 1 aliphatic rings. The maximum absolute atomic E-state index is 3.53. The van der Waals surface area contributed by atoms with E-state index in [1.165, 1.54) is 34.9 Å². The van der Waals surface area contributed by atoms with E-state index in [2.05, 4.69) is 65.3 Å². The highest BCUT2D eigenvalue weighted by Crippen LogP contribution is 2.29. The van der Waals surface area contributed by atoms with E-state index < -0.39 is 0 Å². The normalized spacial score (nSPS) is 21.0. The fourth-order valence-corrected chi connectivity index (χ4v) is 2.64. The molecule has 0 amide bonds. The largest absolute Gasteiger partial charge is 0.306 e. The Balaban J connectivity index is 2.13. The molecule has 2 heteroatoms. The SMILES string of the molecule is CN(C)C1CC=C(c2cccc(Br)c2)CC1. The first kappa shape index (κ1) is 11.9. The number of halogens is 1. The summed E-state index contributed by atoms with van der Waals surface area (Å²) in [4.78, 5) is 2.33. The average molecular weight is 280 g/mol. The third kappa shape index (κ3) is 2.74. The lowest BCUT2D eigenvalue weighted by atomic mass is 9.90. The van der Waals surface area contributed by atoms with Gasteiger partial charge < -0.3 is 4.90 Å². The molecule has 0 saturated heterocycles. The second-order valence-corrected chi connectivity index (χ2v) is 5.55. The molecule has 1 nitrogen and oxygen atoms in total. The molecule has 0 fully saturated rings. The summed E-state index contributed by atoms with van der Waals surface area (Å²) in [6.07, 6.45) is 6.04. The molecular weight excluding hydrogens is 262 g/mol. The van der Waals surface area contributed by atoms with E-state index in [1.807, 2.05) is 0 Å². The van der Waals surface area contributed by atoms with Gasteiger partial charge in [0.25, 0.3) is 0 Å². The minimum absolute atomic E-state index is 0.718. The quantitative estimate of drug-likeness (QED) is 0.793. The van der Waals surface area contributed by atoms with Crippen molar-refractivity contribution >= 4 is 21.5 Å². The van der Waals surface area contributed by atoms with Crippen molar-refractivity contribution in [2.24, 2.45) is 0 Å². The fraction of sp³-hybridized carbons (Fsp3) is 0.429. The van der Waals surface area contributed by atoms with Gasteiger partial charge in [-0.15, -0.1) is 0 Å². The number of hydrogen-bond acceptors (Lipinski definition) is 1. The van der Waals surface area contributed by atoms with Crippen molar-refractivity contribution in [3.63, 3.8) is 0 Å². The summed E-state index contributed by atoms with van der Waals surface area (Å²) in [5.41, 5.74) is 2.87. The molecule has 0 aliphatic heterocycles. The molecule has 1 atom stereocenters. The van der Waals surface area contributed by atoms with Gasteiger partial charge in [-0.1, -0.05) is 34.1 Å². The van der Waals surface area contributed by atoms with Gasteiger partial charge in [0.15, 0.2) is 0 Å². The molecule has 1 unspecified atom stereocenters. The summed E-state index contributed by atoms with van der Waals surface area (Å²) < 4.78 is 1.17. The summed E-state index contributed by atoms with van der Waals surface area (Å²) >= 11 is 3.53. The minimum Gasteiger partial charge on any atom is -0.306 e. The maximum atomic E-state index is 3.53. The van der Waals surface area contributed by atoms with Crippen molar-refractivity contribution in [2.45, 2.75) is 25.3 Å². The predicted molar refractivity (Wildman–Crippen MR) is 73.4 cm³/mol. The Morgan fingerprint density at radius 2 is 2.12 bits per heavy atom. The Bertz CT molecular complexity index is 395. The number of benzene rings is 1. The van der Waals surface area contributed by atoms with Crippen LogP contribution in [0.3, 0.4) is 0 Å². The van der Waals surface area contributed by atoms with Crippen molar-refractivity contribution in [1.29, 1.82) is 0 Å². The first-order valence-corrected chi connectivity index (χ1v) is 6.57. The molecular formula is C14H18BrN. The van der Waals surface area contributed by atoms with E-state index >= 15 is 0 Å². The van der Waals surface area contributed by atoms with Gasteiger partial charge in [-0.05, 0) is 56.6 Å². The summed E-state index contributed by atoms with van der Waals surface area (Å²) in [7, 11) is 4.34. The molecule has 86 valence electrons. The Morgan fingerprint density at radius 1 is 1.31 bits per heavy atom. The maximum Gasteiger partial charge on any atom is 0.0181 e. The van der Waals surface area contributed by atoms with Crippen LogP contribution < -0.4 is 0 Å². The van der Waals surface area contributed by atoms with Crippen LogP contribution in [0, 0.1) is 0 Å². The van der Waals surface area contributed by atoms with Crippen molar-refractivity contribution in [1.82, 2.24) is 4.90 Å². The van der Waals surface area contributed by atoms with Crippen LogP contribution in [0.15, 0.2) is 34.8 Å². The second kappa shape index (κ2) is 5.15. The van der Waals surface area contributed by atoms with Crippen LogP contribution >= 0.6 is 15.9 Å². The number of hydrogen-bond donors (Lipinski definition) is 0. The van der Waals surface area contributed by atoms with Crippen LogP contribution in [0.5, 0.6) is 0 Å². The number of nitrogens with zero attached hydrogens (tertiary/aromatic N) is 1. The molecule has 0 N–H and O–H groups in total. The number of rotatable bonds is 2. The Morgan fingerprint density at radius 3 is 2.69 bits per heavy atom. The molecule has 1 aliphatic carbocycles. The van der Waals surface area contributed by atoms with E-state index in [1.54, 1.807) is 0 Å². The molecule has 1 aromatic rings. The number of allylic oxidation sites excluding steroid dienone is 1. The van der Waals surface area contributed by atoms with Gasteiger partial charge >= 0.3 is 0 Å². The predicted octanol–water partition coefficient (Wildman–Crippen LogP) is 3.95. The van der Waals surface area contributed by atoms with Crippen LogP contribution in [0.2, 0.25) is 0 Å². The average Bonchev–Trinajstić information content (AvgIpc) is 2.29. The van der Waals surface area contributed by atoms with Crippen molar-refractivity contribution in [3.05, 3.63) is 40.4 Å². The lowest BCUT2D eigenvalue weighted by Crippen LogP contribution is -2.28. The third-order valence-corrected chi connectivity index (χ3v) is 3.80. The highest BCUT2D eigenvalue weighted by atomic mass is 79.9. The Hall–Kier alpha value is -0.600. The zero-order valence-corrected chi connectivity index (χ0v) is 11.5. The van der Waals surface area contributed by atoms with Gasteiger partial charge in [-0.2, -0.15) is 0 Å². The molecule has 0 saturated carbocycles. The van der Waals surface area contributed by atoms with Crippen LogP contribution in [-0.4, -0.2) is 25.0 Å². The third-order valence-electron chi connectivity index (χ3n) is 3.31. The van der Waals surface area contributed by atoms with E-state index in [4.69, 9.17) is 0 Å². The molecule has 0 radical (unpaired) electrons. The molecule has 0 spiro atoms. The van der Waals surface area contributed by atoms with Gasteiger partial charge in [0, 0.05) is 10.5 Å². The topological polar surface area (TPSA) is 3.24 Å². The van der Waals surface area contributed by atoms with Crippen LogP contribution in [-0.2, 0) is 0 Å². The summed E-state index contributed by atoms with van der Waals surface area (Å²) in [6, 6.07) is 9.32. The van der Waals surface area contributed by atoms with E-state index in [0.717, 1.165) is 6.04 Å². The summed E-state index contributed by atoms with van der Waals surface area (Å²) in [5, 5.41) is 0. The van der Waals surface area contributed by atoms with E-state index in [9.17, 15) is 0 Å². The van der Waals surface area contributed by atoms with Gasteiger partial charge in [0.2, 0.25) is 0 Å². The zero-order valence-electron chi connectivity index (χ0n) is 9.91. The van der Waals surface area contributed by atoms with Crippen LogP contribution in [0.25, 0.3) is 5.57 Å². The lowest BCUT2D eigenvalue weighted by molar-refractivity contribution is 0.277. The fourth-order valence-electron chi connectivity index (χ4n) is 2.24. The Labute approximate surface area is 106 Å². The molecule has 0 aromatic heterocycles. The first-order valence-electron chi connectivity index (χ1n) is 5.78. The van der Waals surface area contributed by atoms with E-state index in [-0.39, 0.29) is 0 Å². The molecule has 1 aromatic carbocycles. The zero-order chi connectivity index (χ0) is 11.5. The summed E-state index contributed by atoms with van der Waals surface area (Å²) in [6.45, 7) is 0. The first-order chi connectivity index (χ1) is 7.66. The summed E-state index contributed by atoms with van der Waals surface area (Å²) in [5.74, 6) is 0. The highest BCUT2D eigenvalue weighted by molar-refractivity contribution is 9.10. The molecule has 0 heterocycles. The van der Waals surface area contributed by atoms with Crippen molar-refractivity contribution in [2.75, 3.05) is 14.1 Å². The molecule has 16 heavy (non-hydrogen) atoms. The van der Waals surface area contributed by atoms with Crippen molar-refractivity contribution in [3.8, 4) is 0 Å². The monoisotopic (exact) mass is 279 g/mol. The van der Waals surface area contributed by atoms with Crippen LogP contribution in [0.1, 0.15) is 24.8 Å². The van der Waals surface area contributed by atoms with E-state index in [0.29, 0.717) is 0 Å². The Kier molecular flexibility index (Phi) is 3.82. The standard InChI is InChI=1S/C14H18BrN/c1-16(2)14-8-6-11(7-9-14)12-4-3-5-13(15)10-12/h3-6,10,14H,7-9H2,1-2H3. The second-order valence-electron chi connectivity index (χ2n) is 4.63. The van der Waals surface area contributed by atoms with Gasteiger partial charge in [-0.3, -0.25) is 0 Å². The highest BCUT2D eigenvalue weighted by Gasteiger charge is 2.16. The smallest absolute Gasteiger partial charge is 0.0181 e. The molecule has 2 rings (SSSR count). The lowest BCUT2D eigenvalue weighted by Gasteiger charge is -2.27.